The van der Waals surface area contributed by atoms with Crippen LogP contribution < -0.4 is 16.0 Å². The number of urea groups is 1. The van der Waals surface area contributed by atoms with Gasteiger partial charge in [-0.25, -0.2) is 4.79 Å². The molecule has 1 saturated heterocycles. The first kappa shape index (κ1) is 23.7. The topological polar surface area (TPSA) is 125 Å². The fourth-order valence-corrected chi connectivity index (χ4v) is 4.03. The Balaban J connectivity index is 1.34. The van der Waals surface area contributed by atoms with Gasteiger partial charge in [0.2, 0.25) is 11.8 Å². The van der Waals surface area contributed by atoms with Crippen molar-refractivity contribution in [3.63, 3.8) is 0 Å². The van der Waals surface area contributed by atoms with Crippen molar-refractivity contribution in [3.8, 4) is 0 Å². The number of nitrogens with zero attached hydrogens (tertiary/aromatic N) is 3. The average molecular weight is 475 g/mol. The van der Waals surface area contributed by atoms with Gasteiger partial charge in [0.05, 0.1) is 0 Å². The van der Waals surface area contributed by atoms with Gasteiger partial charge in [-0.05, 0) is 35.7 Å². The lowest BCUT2D eigenvalue weighted by Gasteiger charge is -2.25. The molecule has 1 aliphatic rings. The number of benzene rings is 2. The second-order valence-electron chi connectivity index (χ2n) is 8.18. The number of amides is 5. The molecule has 3 N–H and O–H groups in total. The molecule has 180 valence electrons. The van der Waals surface area contributed by atoms with Crippen molar-refractivity contribution in [1.29, 1.82) is 0 Å². The summed E-state index contributed by atoms with van der Waals surface area (Å²) in [4.78, 5) is 51.4. The molecule has 4 rings (SSSR count). The minimum atomic E-state index is -1.18. The standard InChI is InChI=1S/C25H26N6O4/c1-2-25(19-9-4-3-5-10-19)23(34)31(24(35)29-25)17-21(32)26-15-18-8-6-11-20(14-18)28-22(33)16-30-13-7-12-27-30/h3-14H,2,15-17H2,1H3,(H,26,32)(H,28,33)(H,29,35). The van der Waals surface area contributed by atoms with Crippen LogP contribution >= 0.6 is 0 Å². The highest BCUT2D eigenvalue weighted by atomic mass is 16.2. The summed E-state index contributed by atoms with van der Waals surface area (Å²) in [6.45, 7) is 1.68. The Morgan fingerprint density at radius 2 is 1.80 bits per heavy atom. The molecule has 0 aliphatic carbocycles. The Kier molecular flexibility index (Phi) is 6.91. The Bertz CT molecular complexity index is 1230. The highest BCUT2D eigenvalue weighted by Crippen LogP contribution is 2.32. The van der Waals surface area contributed by atoms with Crippen LogP contribution in [0, 0.1) is 0 Å². The van der Waals surface area contributed by atoms with Crippen molar-refractivity contribution in [2.24, 2.45) is 0 Å². The predicted octanol–water partition coefficient (Wildman–Crippen LogP) is 2.00. The Hall–Kier alpha value is -4.47. The van der Waals surface area contributed by atoms with Crippen LogP contribution in [0.5, 0.6) is 0 Å². The molecular weight excluding hydrogens is 448 g/mol. The fraction of sp³-hybridized carbons (Fsp3) is 0.240. The van der Waals surface area contributed by atoms with Gasteiger partial charge in [0.1, 0.15) is 18.6 Å². The van der Waals surface area contributed by atoms with Crippen molar-refractivity contribution in [1.82, 2.24) is 25.3 Å². The van der Waals surface area contributed by atoms with Crippen LogP contribution in [-0.2, 0) is 33.0 Å². The van der Waals surface area contributed by atoms with Crippen molar-refractivity contribution >= 4 is 29.4 Å². The minimum Gasteiger partial charge on any atom is -0.350 e. The van der Waals surface area contributed by atoms with E-state index >= 15 is 0 Å². The van der Waals surface area contributed by atoms with Crippen LogP contribution in [0.25, 0.3) is 0 Å². The molecule has 1 aliphatic heterocycles. The minimum absolute atomic E-state index is 0.0854. The van der Waals surface area contributed by atoms with Crippen molar-refractivity contribution in [2.45, 2.75) is 32.0 Å². The average Bonchev–Trinajstić information content (AvgIpc) is 3.45. The molecule has 2 heterocycles. The monoisotopic (exact) mass is 474 g/mol. The lowest BCUT2D eigenvalue weighted by molar-refractivity contribution is -0.135. The van der Waals surface area contributed by atoms with Crippen molar-refractivity contribution in [3.05, 3.63) is 84.2 Å². The number of hydrogen-bond acceptors (Lipinski definition) is 5. The van der Waals surface area contributed by atoms with E-state index in [1.54, 1.807) is 67.0 Å². The Morgan fingerprint density at radius 1 is 1.00 bits per heavy atom. The molecule has 10 nitrogen and oxygen atoms in total. The number of imide groups is 1. The van der Waals surface area contributed by atoms with Gasteiger partial charge in [-0.1, -0.05) is 49.4 Å². The molecule has 0 bridgehead atoms. The van der Waals surface area contributed by atoms with Crippen LogP contribution in [0.3, 0.4) is 0 Å². The first-order chi connectivity index (χ1) is 16.9. The Labute approximate surface area is 202 Å². The molecule has 35 heavy (non-hydrogen) atoms. The van der Waals surface area contributed by atoms with Gasteiger partial charge in [0, 0.05) is 24.6 Å². The maximum Gasteiger partial charge on any atom is 0.325 e. The van der Waals surface area contributed by atoms with Crippen LogP contribution in [0.15, 0.2) is 73.1 Å². The second kappa shape index (κ2) is 10.2. The van der Waals surface area contributed by atoms with E-state index < -0.39 is 23.4 Å². The van der Waals surface area contributed by atoms with Crippen LogP contribution in [0.1, 0.15) is 24.5 Å². The zero-order chi connectivity index (χ0) is 24.8. The SMILES string of the molecule is CCC1(c2ccccc2)NC(=O)N(CC(=O)NCc2cccc(NC(=O)Cn3cccn3)c2)C1=O. The number of carbonyl (C=O) groups excluding carboxylic acids is 4. The first-order valence-electron chi connectivity index (χ1n) is 11.2. The van der Waals surface area contributed by atoms with Crippen molar-refractivity contribution < 1.29 is 19.2 Å². The molecule has 1 atom stereocenters. The van der Waals surface area contributed by atoms with Gasteiger partial charge in [-0.3, -0.25) is 24.0 Å². The largest absolute Gasteiger partial charge is 0.350 e. The van der Waals surface area contributed by atoms with E-state index in [9.17, 15) is 19.2 Å². The highest BCUT2D eigenvalue weighted by Gasteiger charge is 2.51. The lowest BCUT2D eigenvalue weighted by atomic mass is 9.87. The quantitative estimate of drug-likeness (QED) is 0.409. The molecule has 0 spiro atoms. The molecule has 2 aromatic carbocycles. The van der Waals surface area contributed by atoms with E-state index in [0.717, 1.165) is 10.5 Å². The molecule has 1 unspecified atom stereocenters. The van der Waals surface area contributed by atoms with Crippen LogP contribution in [0.2, 0.25) is 0 Å². The summed E-state index contributed by atoms with van der Waals surface area (Å²) in [5, 5.41) is 12.3. The third-order valence-electron chi connectivity index (χ3n) is 5.84. The summed E-state index contributed by atoms with van der Waals surface area (Å²) in [5.74, 6) is -1.15. The van der Waals surface area contributed by atoms with Crippen LogP contribution in [0.4, 0.5) is 10.5 Å². The van der Waals surface area contributed by atoms with Gasteiger partial charge >= 0.3 is 6.03 Å². The van der Waals surface area contributed by atoms with Crippen molar-refractivity contribution in [2.75, 3.05) is 11.9 Å². The molecule has 1 fully saturated rings. The maximum absolute atomic E-state index is 13.2. The zero-order valence-electron chi connectivity index (χ0n) is 19.2. The van der Waals surface area contributed by atoms with E-state index in [-0.39, 0.29) is 25.5 Å². The van der Waals surface area contributed by atoms with Gasteiger partial charge in [0.15, 0.2) is 0 Å². The third kappa shape index (κ3) is 5.21. The predicted molar refractivity (Wildman–Crippen MR) is 128 cm³/mol. The highest BCUT2D eigenvalue weighted by molar-refractivity contribution is 6.09. The number of rotatable bonds is 9. The lowest BCUT2D eigenvalue weighted by Crippen LogP contribution is -2.44. The molecule has 3 aromatic rings. The number of aromatic nitrogens is 2. The summed E-state index contributed by atoms with van der Waals surface area (Å²) in [5.41, 5.74) is 0.829. The van der Waals surface area contributed by atoms with Gasteiger partial charge in [-0.15, -0.1) is 0 Å². The smallest absolute Gasteiger partial charge is 0.325 e. The fourth-order valence-electron chi connectivity index (χ4n) is 4.03. The zero-order valence-corrected chi connectivity index (χ0v) is 19.2. The molecule has 0 radical (unpaired) electrons. The normalized spacial score (nSPS) is 17.2. The third-order valence-corrected chi connectivity index (χ3v) is 5.84. The summed E-state index contributed by atoms with van der Waals surface area (Å²) in [6.07, 6.45) is 3.65. The van der Waals surface area contributed by atoms with Crippen LogP contribution in [-0.4, -0.2) is 45.0 Å². The van der Waals surface area contributed by atoms with E-state index in [1.165, 1.54) is 4.68 Å². The molecule has 0 saturated carbocycles. The molecule has 5 amide bonds. The molecule has 10 heteroatoms. The number of hydrogen-bond donors (Lipinski definition) is 3. The summed E-state index contributed by atoms with van der Waals surface area (Å²) < 4.78 is 1.51. The van der Waals surface area contributed by atoms with E-state index in [2.05, 4.69) is 21.0 Å². The summed E-state index contributed by atoms with van der Waals surface area (Å²) >= 11 is 0. The van der Waals surface area contributed by atoms with E-state index in [0.29, 0.717) is 17.7 Å². The van der Waals surface area contributed by atoms with Gasteiger partial charge in [-0.2, -0.15) is 5.10 Å². The Morgan fingerprint density at radius 3 is 2.51 bits per heavy atom. The molecular formula is C25H26N6O4. The maximum atomic E-state index is 13.2. The van der Waals surface area contributed by atoms with Gasteiger partial charge in [0.25, 0.3) is 5.91 Å². The van der Waals surface area contributed by atoms with Gasteiger partial charge < -0.3 is 16.0 Å². The van der Waals surface area contributed by atoms with E-state index in [4.69, 9.17) is 0 Å². The number of carbonyl (C=O) groups is 4. The molecule has 1 aromatic heterocycles. The number of anilines is 1. The first-order valence-corrected chi connectivity index (χ1v) is 11.2. The second-order valence-corrected chi connectivity index (χ2v) is 8.18. The number of nitrogens with one attached hydrogen (secondary N) is 3. The summed E-state index contributed by atoms with van der Waals surface area (Å²) in [7, 11) is 0. The summed E-state index contributed by atoms with van der Waals surface area (Å²) in [6, 6.07) is 17.2. The van der Waals surface area contributed by atoms with E-state index in [1.807, 2.05) is 13.0 Å².